The molecule has 6 nitrogen and oxygen atoms in total. The van der Waals surface area contributed by atoms with E-state index in [2.05, 4.69) is 84.1 Å². The van der Waals surface area contributed by atoms with Crippen molar-refractivity contribution in [1.29, 1.82) is 5.26 Å². The van der Waals surface area contributed by atoms with E-state index < -0.39 is 0 Å². The Balaban J connectivity index is 1.28. The lowest BCUT2D eigenvalue weighted by Gasteiger charge is -2.33. The molecule has 0 spiro atoms. The molecule has 0 aliphatic carbocycles. The molecule has 0 amide bonds. The summed E-state index contributed by atoms with van der Waals surface area (Å²) in [5, 5.41) is 13.2. The summed E-state index contributed by atoms with van der Waals surface area (Å²) in [6, 6.07) is 20.9. The van der Waals surface area contributed by atoms with Gasteiger partial charge in [0, 0.05) is 54.7 Å². The minimum atomic E-state index is 0.518. The molecule has 0 atom stereocenters. The lowest BCUT2D eigenvalue weighted by Crippen LogP contribution is -2.36. The standard InChI is InChI=1S/C39H45N5O/c1-6-27-21-36(34-23-35(41-39(34)43(5)25-27)30-14-12-28(24-40)13-15-30)44-18-16-31(17-19-44)38-29(7-2)20-26(4)37(42-38)32-10-9-11-33(22-32)45-8-3/h9-15,22-23,25,31,42H,6-8,16-21H2,1-5H3/p+1. The van der Waals surface area contributed by atoms with E-state index in [4.69, 9.17) is 4.74 Å². The third kappa shape index (κ3) is 6.22. The fourth-order valence-corrected chi connectivity index (χ4v) is 7.22. The highest BCUT2D eigenvalue weighted by atomic mass is 16.5. The number of aromatic amines is 1. The second kappa shape index (κ2) is 13.2. The van der Waals surface area contributed by atoms with Crippen LogP contribution in [0.15, 0.2) is 83.2 Å². The summed E-state index contributed by atoms with van der Waals surface area (Å²) in [7, 11) is 2.15. The third-order valence-electron chi connectivity index (χ3n) is 9.70. The van der Waals surface area contributed by atoms with Gasteiger partial charge in [0.2, 0.25) is 0 Å². The normalized spacial score (nSPS) is 18.7. The Bertz CT molecular complexity index is 1730. The molecule has 3 aliphatic rings. The zero-order valence-corrected chi connectivity index (χ0v) is 27.5. The summed E-state index contributed by atoms with van der Waals surface area (Å²) in [6.45, 7) is 11.6. The van der Waals surface area contributed by atoms with Crippen LogP contribution in [0.25, 0.3) is 17.0 Å². The lowest BCUT2D eigenvalue weighted by molar-refractivity contribution is -0.540. The SMILES string of the molecule is CCOc1cccc(C2=C(C)CC(CC)=C(C3CC[N+](=C4CC(CC)=CN(C)c5[nH]c(-c6ccc(C#N)cc6)cc54)CC3)N2)c1. The van der Waals surface area contributed by atoms with Crippen LogP contribution in [0.2, 0.25) is 0 Å². The van der Waals surface area contributed by atoms with Crippen LogP contribution < -0.4 is 15.0 Å². The van der Waals surface area contributed by atoms with Crippen molar-refractivity contribution in [3.8, 4) is 23.1 Å². The number of dihydropyridines is 1. The van der Waals surface area contributed by atoms with Gasteiger partial charge in [-0.1, -0.05) is 38.1 Å². The molecule has 1 saturated heterocycles. The van der Waals surface area contributed by atoms with E-state index in [1.165, 1.54) is 39.4 Å². The first kappa shape index (κ1) is 30.5. The molecule has 2 aromatic carbocycles. The van der Waals surface area contributed by atoms with E-state index in [1.54, 1.807) is 5.57 Å². The van der Waals surface area contributed by atoms with E-state index in [0.29, 0.717) is 18.1 Å². The van der Waals surface area contributed by atoms with Crippen LogP contribution in [0.1, 0.15) is 82.9 Å². The summed E-state index contributed by atoms with van der Waals surface area (Å²) in [4.78, 5) is 5.97. The summed E-state index contributed by atoms with van der Waals surface area (Å²) < 4.78 is 8.48. The lowest BCUT2D eigenvalue weighted by atomic mass is 9.84. The monoisotopic (exact) mass is 600 g/mol. The van der Waals surface area contributed by atoms with Gasteiger partial charge < -0.3 is 19.9 Å². The number of benzene rings is 2. The smallest absolute Gasteiger partial charge is 0.191 e. The molecule has 232 valence electrons. The molecule has 0 saturated carbocycles. The highest BCUT2D eigenvalue weighted by Crippen LogP contribution is 2.38. The minimum absolute atomic E-state index is 0.518. The van der Waals surface area contributed by atoms with Crippen LogP contribution in [0.4, 0.5) is 5.82 Å². The molecule has 0 radical (unpaired) electrons. The summed E-state index contributed by atoms with van der Waals surface area (Å²) in [5.74, 6) is 2.58. The molecule has 0 bridgehead atoms. The zero-order valence-electron chi connectivity index (χ0n) is 27.5. The van der Waals surface area contributed by atoms with Crippen LogP contribution >= 0.6 is 0 Å². The molecule has 6 rings (SSSR count). The Morgan fingerprint density at radius 3 is 2.44 bits per heavy atom. The number of piperidine rings is 1. The summed E-state index contributed by atoms with van der Waals surface area (Å²) in [5.41, 5.74) is 13.9. The van der Waals surface area contributed by atoms with Crippen molar-refractivity contribution in [3.05, 3.63) is 99.9 Å². The molecule has 3 aliphatic heterocycles. The number of hydrogen-bond donors (Lipinski definition) is 2. The van der Waals surface area contributed by atoms with Crippen LogP contribution in [0, 0.1) is 17.2 Å². The third-order valence-corrected chi connectivity index (χ3v) is 9.70. The maximum Gasteiger partial charge on any atom is 0.191 e. The molecular weight excluding hydrogens is 554 g/mol. The molecule has 0 unspecified atom stereocenters. The van der Waals surface area contributed by atoms with Gasteiger partial charge in [-0.05, 0) is 85.7 Å². The first-order chi connectivity index (χ1) is 21.9. The topological polar surface area (TPSA) is 67.1 Å². The number of H-pyrrole nitrogens is 1. The van der Waals surface area contributed by atoms with Crippen molar-refractivity contribution in [2.75, 3.05) is 31.6 Å². The molecule has 45 heavy (non-hydrogen) atoms. The van der Waals surface area contributed by atoms with Gasteiger partial charge in [0.15, 0.2) is 5.71 Å². The Morgan fingerprint density at radius 1 is 0.978 bits per heavy atom. The van der Waals surface area contributed by atoms with Gasteiger partial charge in [0.25, 0.3) is 0 Å². The summed E-state index contributed by atoms with van der Waals surface area (Å²) >= 11 is 0. The van der Waals surface area contributed by atoms with Crippen LogP contribution in [-0.2, 0) is 0 Å². The van der Waals surface area contributed by atoms with Crippen molar-refractivity contribution in [2.24, 2.45) is 5.92 Å². The van der Waals surface area contributed by atoms with Crippen LogP contribution in [-0.4, -0.2) is 42.0 Å². The average Bonchev–Trinajstić information content (AvgIpc) is 3.47. The quantitative estimate of drug-likeness (QED) is 0.267. The number of hydrogen-bond acceptors (Lipinski definition) is 4. The first-order valence-electron chi connectivity index (χ1n) is 16.6. The van der Waals surface area contributed by atoms with E-state index in [0.717, 1.165) is 74.4 Å². The minimum Gasteiger partial charge on any atom is -0.494 e. The maximum atomic E-state index is 9.27. The number of nitrogens with zero attached hydrogens (tertiary/aromatic N) is 3. The number of anilines is 1. The van der Waals surface area contributed by atoms with E-state index in [9.17, 15) is 5.26 Å². The highest BCUT2D eigenvalue weighted by molar-refractivity contribution is 6.05. The highest BCUT2D eigenvalue weighted by Gasteiger charge is 2.33. The van der Waals surface area contributed by atoms with Crippen molar-refractivity contribution in [2.45, 2.75) is 66.2 Å². The number of nitriles is 1. The molecule has 3 aromatic rings. The van der Waals surface area contributed by atoms with Gasteiger partial charge in [0.1, 0.15) is 24.7 Å². The average molecular weight is 601 g/mol. The largest absolute Gasteiger partial charge is 0.494 e. The Hall–Kier alpha value is -4.50. The van der Waals surface area contributed by atoms with Crippen LogP contribution in [0.3, 0.4) is 0 Å². The Morgan fingerprint density at radius 2 is 1.76 bits per heavy atom. The van der Waals surface area contributed by atoms with Crippen molar-refractivity contribution in [1.82, 2.24) is 10.3 Å². The molecule has 2 N–H and O–H groups in total. The summed E-state index contributed by atoms with van der Waals surface area (Å²) in [6.07, 6.45) is 8.67. The van der Waals surface area contributed by atoms with Gasteiger partial charge in [-0.25, -0.2) is 4.58 Å². The molecule has 6 heteroatoms. The van der Waals surface area contributed by atoms with Gasteiger partial charge in [-0.15, -0.1) is 0 Å². The molecule has 1 fully saturated rings. The van der Waals surface area contributed by atoms with Gasteiger partial charge in [0.05, 0.1) is 30.2 Å². The number of allylic oxidation sites excluding steroid dienone is 4. The fraction of sp³-hybridized carbons (Fsp3) is 0.385. The predicted octanol–water partition coefficient (Wildman–Crippen LogP) is 8.39. The molecular formula is C39H46N5O+. The number of ether oxygens (including phenoxy) is 1. The van der Waals surface area contributed by atoms with E-state index in [-0.39, 0.29) is 0 Å². The number of fused-ring (bicyclic) bond motifs is 1. The Kier molecular flexibility index (Phi) is 8.98. The van der Waals surface area contributed by atoms with Gasteiger partial charge in [-0.2, -0.15) is 5.26 Å². The first-order valence-corrected chi connectivity index (χ1v) is 16.6. The fourth-order valence-electron chi connectivity index (χ4n) is 7.22. The van der Waals surface area contributed by atoms with Crippen molar-refractivity contribution in [3.63, 3.8) is 0 Å². The van der Waals surface area contributed by atoms with Crippen LogP contribution in [0.5, 0.6) is 5.75 Å². The van der Waals surface area contributed by atoms with E-state index >= 15 is 0 Å². The van der Waals surface area contributed by atoms with Gasteiger partial charge >= 0.3 is 0 Å². The molecule has 1 aromatic heterocycles. The maximum absolute atomic E-state index is 9.27. The molecule has 4 heterocycles. The zero-order chi connectivity index (χ0) is 31.5. The number of rotatable bonds is 7. The predicted molar refractivity (Wildman–Crippen MR) is 184 cm³/mol. The van der Waals surface area contributed by atoms with Crippen molar-refractivity contribution < 1.29 is 9.31 Å². The van der Waals surface area contributed by atoms with E-state index in [1.807, 2.05) is 37.3 Å². The second-order valence-corrected chi connectivity index (χ2v) is 12.6. The van der Waals surface area contributed by atoms with Crippen molar-refractivity contribution >= 4 is 17.2 Å². The second-order valence-electron chi connectivity index (χ2n) is 12.6. The number of nitrogens with one attached hydrogen (secondary N) is 2. The van der Waals surface area contributed by atoms with Gasteiger partial charge in [-0.3, -0.25) is 0 Å². The Labute approximate surface area is 268 Å². The number of aromatic nitrogens is 1.